The molecule has 0 spiro atoms. The van der Waals surface area contributed by atoms with E-state index in [-0.39, 0.29) is 0 Å². The molecule has 0 aliphatic carbocycles. The summed E-state index contributed by atoms with van der Waals surface area (Å²) in [5.41, 5.74) is 0.275. The number of benzene rings is 4. The Morgan fingerprint density at radius 3 is 2.13 bits per heavy atom. The van der Waals surface area contributed by atoms with Crippen LogP contribution in [0.15, 0.2) is 121 Å². The van der Waals surface area contributed by atoms with Gasteiger partial charge in [0.25, 0.3) is 0 Å². The Hall–Kier alpha value is -4.22. The lowest BCUT2D eigenvalue weighted by atomic mass is 9.79. The Labute approximate surface area is 224 Å². The number of fused-ring (bicyclic) bond motifs is 1. The quantitative estimate of drug-likeness (QED) is 0.192. The predicted octanol–water partition coefficient (Wildman–Crippen LogP) is 7.34. The number of ether oxygens (including phenoxy) is 1. The van der Waals surface area contributed by atoms with E-state index in [0.29, 0.717) is 17.7 Å². The van der Waals surface area contributed by atoms with Crippen LogP contribution >= 0.6 is 0 Å². The minimum Gasteiger partial charge on any atom is -0.462 e. The molecule has 0 aliphatic heterocycles. The van der Waals surface area contributed by atoms with Crippen LogP contribution in [-0.2, 0) is 11.3 Å². The van der Waals surface area contributed by atoms with Gasteiger partial charge in [-0.05, 0) is 47.9 Å². The minimum absolute atomic E-state index is 0.508. The van der Waals surface area contributed by atoms with E-state index in [1.807, 2.05) is 127 Å². The van der Waals surface area contributed by atoms with E-state index >= 15 is 0 Å². The fourth-order valence-electron chi connectivity index (χ4n) is 4.99. The lowest BCUT2D eigenvalue weighted by Gasteiger charge is -2.46. The minimum atomic E-state index is -1.61. The van der Waals surface area contributed by atoms with Crippen molar-refractivity contribution in [2.75, 3.05) is 0 Å². The molecular weight excluding hydrogens is 470 g/mol. The Morgan fingerprint density at radius 2 is 1.42 bits per heavy atom. The second-order valence-corrected chi connectivity index (χ2v) is 9.52. The van der Waals surface area contributed by atoms with Crippen molar-refractivity contribution in [3.05, 3.63) is 132 Å². The highest BCUT2D eigenvalue weighted by Gasteiger charge is 2.55. The molecule has 0 fully saturated rings. The summed E-state index contributed by atoms with van der Waals surface area (Å²) >= 11 is 0. The number of aliphatic hydroxyl groups is 1. The van der Waals surface area contributed by atoms with Gasteiger partial charge >= 0.3 is 0 Å². The van der Waals surface area contributed by atoms with Crippen LogP contribution in [0.1, 0.15) is 43.7 Å². The third-order valence-electron chi connectivity index (χ3n) is 6.97. The summed E-state index contributed by atoms with van der Waals surface area (Å²) in [5.74, 6) is 0.644. The van der Waals surface area contributed by atoms with Crippen molar-refractivity contribution >= 4 is 17.1 Å². The largest absolute Gasteiger partial charge is 0.462 e. The zero-order valence-electron chi connectivity index (χ0n) is 21.6. The molecule has 0 radical (unpaired) electrons. The summed E-state index contributed by atoms with van der Waals surface area (Å²) in [6.07, 6.45) is 7.15. The molecule has 0 bridgehead atoms. The van der Waals surface area contributed by atoms with Gasteiger partial charge in [0.2, 0.25) is 5.72 Å². The maximum atomic E-state index is 13.0. The van der Waals surface area contributed by atoms with Gasteiger partial charge in [-0.3, -0.25) is 0 Å². The van der Waals surface area contributed by atoms with Crippen molar-refractivity contribution in [1.29, 1.82) is 0 Å². The summed E-state index contributed by atoms with van der Waals surface area (Å²) in [6.45, 7) is 2.17. The smallest absolute Gasteiger partial charge is 0.240 e. The number of para-hydroxylation sites is 2. The Balaban J connectivity index is 1.80. The summed E-state index contributed by atoms with van der Waals surface area (Å²) in [4.78, 5) is 0. The molecule has 1 aromatic heterocycles. The van der Waals surface area contributed by atoms with Gasteiger partial charge in [-0.15, -0.1) is 5.10 Å². The summed E-state index contributed by atoms with van der Waals surface area (Å²) in [7, 11) is 0. The maximum absolute atomic E-state index is 13.0. The Kier molecular flexibility index (Phi) is 7.66. The first kappa shape index (κ1) is 25.4. The highest BCUT2D eigenvalue weighted by Crippen LogP contribution is 2.46. The van der Waals surface area contributed by atoms with Crippen LogP contribution in [0.5, 0.6) is 5.75 Å². The number of hydrogen-bond acceptors (Lipinski definition) is 4. The first-order chi connectivity index (χ1) is 18.7. The zero-order valence-corrected chi connectivity index (χ0v) is 21.6. The highest BCUT2D eigenvalue weighted by atomic mass is 16.5. The molecule has 2 atom stereocenters. The lowest BCUT2D eigenvalue weighted by Crippen LogP contribution is -2.57. The number of hydrogen-bond donors (Lipinski definition) is 1. The van der Waals surface area contributed by atoms with Crippen molar-refractivity contribution in [3.8, 4) is 5.75 Å². The van der Waals surface area contributed by atoms with E-state index < -0.39 is 11.3 Å². The van der Waals surface area contributed by atoms with Gasteiger partial charge < -0.3 is 9.84 Å². The Morgan fingerprint density at radius 1 is 0.789 bits per heavy atom. The average molecular weight is 504 g/mol. The molecule has 5 nitrogen and oxygen atoms in total. The molecule has 192 valence electrons. The molecule has 5 aromatic rings. The second kappa shape index (κ2) is 11.4. The molecule has 0 saturated heterocycles. The molecule has 1 heterocycles. The Bertz CT molecular complexity index is 1470. The van der Waals surface area contributed by atoms with E-state index in [4.69, 9.17) is 4.74 Å². The summed E-state index contributed by atoms with van der Waals surface area (Å²) < 4.78 is 8.75. The van der Waals surface area contributed by atoms with Crippen LogP contribution in [0.2, 0.25) is 0 Å². The SMILES string of the molecule is CCCCCC(Oc1ccccc1)(n1nnc2ccccc21)C(O)(/C=C/c1ccccc1)c1ccccc1. The molecule has 4 aromatic carbocycles. The van der Waals surface area contributed by atoms with E-state index in [9.17, 15) is 5.11 Å². The first-order valence-corrected chi connectivity index (χ1v) is 13.2. The van der Waals surface area contributed by atoms with Crippen LogP contribution in [0.25, 0.3) is 17.1 Å². The van der Waals surface area contributed by atoms with Gasteiger partial charge in [0.15, 0.2) is 5.60 Å². The average Bonchev–Trinajstić information content (AvgIpc) is 3.42. The number of nitrogens with zero attached hydrogens (tertiary/aromatic N) is 3. The van der Waals surface area contributed by atoms with Crippen LogP contribution < -0.4 is 4.74 Å². The van der Waals surface area contributed by atoms with Crippen LogP contribution in [-0.4, -0.2) is 20.1 Å². The third kappa shape index (κ3) is 4.98. The summed E-state index contributed by atoms with van der Waals surface area (Å²) in [5, 5.41) is 22.2. The van der Waals surface area contributed by atoms with Gasteiger partial charge in [-0.1, -0.05) is 122 Å². The van der Waals surface area contributed by atoms with Crippen LogP contribution in [0.3, 0.4) is 0 Å². The van der Waals surface area contributed by atoms with Gasteiger partial charge in [0, 0.05) is 6.42 Å². The molecule has 38 heavy (non-hydrogen) atoms. The van der Waals surface area contributed by atoms with E-state index in [1.54, 1.807) is 4.68 Å². The first-order valence-electron chi connectivity index (χ1n) is 13.2. The molecule has 5 heteroatoms. The van der Waals surface area contributed by atoms with Crippen molar-refractivity contribution in [1.82, 2.24) is 15.0 Å². The normalized spacial score (nSPS) is 14.8. The van der Waals surface area contributed by atoms with Gasteiger partial charge in [-0.25, -0.2) is 0 Å². The second-order valence-electron chi connectivity index (χ2n) is 9.52. The molecule has 0 amide bonds. The van der Waals surface area contributed by atoms with Crippen LogP contribution in [0.4, 0.5) is 0 Å². The molecule has 0 aliphatic rings. The number of rotatable bonds is 11. The monoisotopic (exact) mass is 503 g/mol. The third-order valence-corrected chi connectivity index (χ3v) is 6.97. The lowest BCUT2D eigenvalue weighted by molar-refractivity contribution is -0.175. The molecule has 1 N–H and O–H groups in total. The summed E-state index contributed by atoms with van der Waals surface area (Å²) in [6, 6.07) is 37.2. The fraction of sp³-hybridized carbons (Fsp3) is 0.212. The van der Waals surface area contributed by atoms with Gasteiger partial charge in [0.05, 0.1) is 5.52 Å². The molecule has 0 saturated carbocycles. The number of unbranched alkanes of at least 4 members (excludes halogenated alkanes) is 2. The molecule has 2 unspecified atom stereocenters. The molecular formula is C33H33N3O2. The predicted molar refractivity (Wildman–Crippen MR) is 153 cm³/mol. The van der Waals surface area contributed by atoms with Gasteiger partial charge in [0.1, 0.15) is 11.3 Å². The molecule has 5 rings (SSSR count). The van der Waals surface area contributed by atoms with E-state index in [1.165, 1.54) is 0 Å². The van der Waals surface area contributed by atoms with Crippen molar-refractivity contribution in [2.45, 2.75) is 43.9 Å². The van der Waals surface area contributed by atoms with Crippen molar-refractivity contribution in [3.63, 3.8) is 0 Å². The van der Waals surface area contributed by atoms with Gasteiger partial charge in [-0.2, -0.15) is 4.68 Å². The fourth-order valence-corrected chi connectivity index (χ4v) is 4.99. The highest BCUT2D eigenvalue weighted by molar-refractivity contribution is 5.74. The van der Waals surface area contributed by atoms with Crippen LogP contribution in [0, 0.1) is 0 Å². The van der Waals surface area contributed by atoms with Crippen molar-refractivity contribution in [2.24, 2.45) is 0 Å². The van der Waals surface area contributed by atoms with Crippen molar-refractivity contribution < 1.29 is 9.84 Å². The number of aromatic nitrogens is 3. The standard InChI is InChI=1S/C33H33N3O2/c1-2-3-15-25-33(38-29-20-11-6-12-21-29,36-31-23-14-13-22-30(31)34-35-36)32(37,28-18-9-5-10-19-28)26-24-27-16-7-4-8-17-27/h4-14,16-24,26,37H,2-3,15,25H2,1H3/b26-24+. The maximum Gasteiger partial charge on any atom is 0.240 e. The zero-order chi connectivity index (χ0) is 26.3. The van der Waals surface area contributed by atoms with E-state index in [0.717, 1.165) is 35.9 Å². The van der Waals surface area contributed by atoms with E-state index in [2.05, 4.69) is 17.2 Å². The topological polar surface area (TPSA) is 60.2 Å².